The van der Waals surface area contributed by atoms with E-state index in [0.717, 1.165) is 17.7 Å². The van der Waals surface area contributed by atoms with E-state index in [9.17, 15) is 13.2 Å². The van der Waals surface area contributed by atoms with Crippen LogP contribution in [0.5, 0.6) is 0 Å². The van der Waals surface area contributed by atoms with Gasteiger partial charge in [-0.15, -0.1) is 0 Å². The Morgan fingerprint density at radius 3 is 2.52 bits per heavy atom. The lowest BCUT2D eigenvalue weighted by molar-refractivity contribution is 0.186. The molecule has 0 spiro atoms. The van der Waals surface area contributed by atoms with Crippen LogP contribution in [0, 0.1) is 5.92 Å². The third kappa shape index (κ3) is 3.26. The van der Waals surface area contributed by atoms with Gasteiger partial charge < -0.3 is 4.57 Å². The maximum absolute atomic E-state index is 13.1. The summed E-state index contributed by atoms with van der Waals surface area (Å²) in [4.78, 5) is 12.6. The number of allylic oxidation sites excluding steroid dienone is 1. The van der Waals surface area contributed by atoms with Crippen molar-refractivity contribution in [3.63, 3.8) is 0 Å². The Hall–Kier alpha value is -1.89. The number of sulfonamides is 1. The summed E-state index contributed by atoms with van der Waals surface area (Å²) in [7, 11) is -3.59. The molecule has 5 nitrogen and oxygen atoms in total. The molecule has 142 valence electrons. The van der Waals surface area contributed by atoms with E-state index in [-0.39, 0.29) is 22.3 Å². The zero-order valence-electron chi connectivity index (χ0n) is 15.0. The van der Waals surface area contributed by atoms with Crippen LogP contribution in [-0.4, -0.2) is 30.4 Å². The van der Waals surface area contributed by atoms with E-state index in [1.807, 2.05) is 29.7 Å². The molecule has 1 aromatic heterocycles. The van der Waals surface area contributed by atoms with Gasteiger partial charge in [-0.05, 0) is 55.2 Å². The molecule has 2 bridgehead atoms. The molecule has 1 fully saturated rings. The van der Waals surface area contributed by atoms with Gasteiger partial charge in [0.05, 0.1) is 4.90 Å². The summed E-state index contributed by atoms with van der Waals surface area (Å²) in [5.74, 6) is 0.150. The number of rotatable bonds is 3. The highest BCUT2D eigenvalue weighted by molar-refractivity contribution is 7.89. The van der Waals surface area contributed by atoms with Crippen LogP contribution in [0.1, 0.15) is 30.5 Å². The van der Waals surface area contributed by atoms with E-state index >= 15 is 0 Å². The SMILES string of the molecule is C/C=C/c1ccc(=O)n2c1[C@@H]1C[C@@H](CN(S(=O)(=O)c3ccc(Cl)cc3)C1)C2. The molecule has 2 atom stereocenters. The van der Waals surface area contributed by atoms with Gasteiger partial charge in [0.2, 0.25) is 10.0 Å². The summed E-state index contributed by atoms with van der Waals surface area (Å²) >= 11 is 5.90. The molecule has 0 N–H and O–H groups in total. The van der Waals surface area contributed by atoms with Crippen molar-refractivity contribution in [1.82, 2.24) is 8.87 Å². The van der Waals surface area contributed by atoms with Crippen molar-refractivity contribution in [3.05, 3.63) is 69.1 Å². The Kier molecular flexibility index (Phi) is 4.74. The number of hydrogen-bond acceptors (Lipinski definition) is 3. The fourth-order valence-electron chi connectivity index (χ4n) is 4.28. The van der Waals surface area contributed by atoms with Crippen LogP contribution in [0.3, 0.4) is 0 Å². The third-order valence-corrected chi connectivity index (χ3v) is 7.48. The van der Waals surface area contributed by atoms with Crippen LogP contribution in [0.25, 0.3) is 6.08 Å². The molecule has 0 aliphatic carbocycles. The van der Waals surface area contributed by atoms with Crippen LogP contribution in [0.2, 0.25) is 5.02 Å². The summed E-state index contributed by atoms with van der Waals surface area (Å²) in [6.07, 6.45) is 4.83. The van der Waals surface area contributed by atoms with Crippen molar-refractivity contribution in [1.29, 1.82) is 0 Å². The average Bonchev–Trinajstić information content (AvgIpc) is 2.64. The van der Waals surface area contributed by atoms with Crippen molar-refractivity contribution in [2.75, 3.05) is 13.1 Å². The van der Waals surface area contributed by atoms with Crippen molar-refractivity contribution in [2.24, 2.45) is 5.92 Å². The van der Waals surface area contributed by atoms with E-state index < -0.39 is 10.0 Å². The van der Waals surface area contributed by atoms with Gasteiger partial charge >= 0.3 is 0 Å². The molecule has 27 heavy (non-hydrogen) atoms. The first-order valence-electron chi connectivity index (χ1n) is 9.02. The van der Waals surface area contributed by atoms with E-state index in [4.69, 9.17) is 11.6 Å². The Morgan fingerprint density at radius 2 is 1.81 bits per heavy atom. The highest BCUT2D eigenvalue weighted by Gasteiger charge is 2.40. The Morgan fingerprint density at radius 1 is 1.07 bits per heavy atom. The monoisotopic (exact) mass is 404 g/mol. The predicted octanol–water partition coefficient (Wildman–Crippen LogP) is 3.34. The normalized spacial score (nSPS) is 22.7. The van der Waals surface area contributed by atoms with E-state index in [0.29, 0.717) is 24.7 Å². The zero-order chi connectivity index (χ0) is 19.2. The van der Waals surface area contributed by atoms with Crippen molar-refractivity contribution < 1.29 is 8.42 Å². The van der Waals surface area contributed by atoms with Crippen LogP contribution in [0.15, 0.2) is 52.2 Å². The van der Waals surface area contributed by atoms with Gasteiger partial charge in [-0.25, -0.2) is 8.42 Å². The summed E-state index contributed by atoms with van der Waals surface area (Å²) in [5, 5.41) is 0.508. The lowest BCUT2D eigenvalue weighted by Crippen LogP contribution is -2.49. The maximum Gasteiger partial charge on any atom is 0.250 e. The smallest absolute Gasteiger partial charge is 0.250 e. The first-order valence-corrected chi connectivity index (χ1v) is 10.8. The third-order valence-electron chi connectivity index (χ3n) is 5.39. The summed E-state index contributed by atoms with van der Waals surface area (Å²) in [6, 6.07) is 9.72. The second kappa shape index (κ2) is 6.93. The van der Waals surface area contributed by atoms with Crippen molar-refractivity contribution >= 4 is 27.7 Å². The minimum atomic E-state index is -3.59. The number of piperidine rings is 1. The number of halogens is 1. The van der Waals surface area contributed by atoms with Gasteiger partial charge in [-0.3, -0.25) is 4.79 Å². The second-order valence-electron chi connectivity index (χ2n) is 7.20. The molecular formula is C20H21ClN2O3S. The lowest BCUT2D eigenvalue weighted by Gasteiger charge is -2.42. The molecule has 1 aromatic carbocycles. The van der Waals surface area contributed by atoms with Gasteiger partial charge in [0.15, 0.2) is 0 Å². The maximum atomic E-state index is 13.1. The Balaban J connectivity index is 1.73. The predicted molar refractivity (Wildman–Crippen MR) is 106 cm³/mol. The standard InChI is InChI=1S/C20H21ClN2O3S/c1-2-3-15-4-9-19(24)23-12-14-10-16(20(15)23)13-22(11-14)27(25,26)18-7-5-17(21)6-8-18/h2-9,14,16H,10-13H2,1H3/b3-2+/t14-,16+/m0/s1. The van der Waals surface area contributed by atoms with Crippen LogP contribution < -0.4 is 5.56 Å². The zero-order valence-corrected chi connectivity index (χ0v) is 16.6. The average molecular weight is 405 g/mol. The Labute approximate surface area is 163 Å². The summed E-state index contributed by atoms with van der Waals surface area (Å²) in [6.45, 7) is 3.31. The molecule has 0 unspecified atom stereocenters. The van der Waals surface area contributed by atoms with Crippen molar-refractivity contribution in [3.8, 4) is 0 Å². The molecule has 2 aliphatic heterocycles. The van der Waals surface area contributed by atoms with Gasteiger partial charge in [-0.2, -0.15) is 4.31 Å². The number of pyridine rings is 1. The van der Waals surface area contributed by atoms with Crippen LogP contribution >= 0.6 is 11.6 Å². The molecule has 3 heterocycles. The molecule has 0 saturated carbocycles. The molecular weight excluding hydrogens is 384 g/mol. The highest BCUT2D eigenvalue weighted by atomic mass is 35.5. The summed E-state index contributed by atoms with van der Waals surface area (Å²) in [5.41, 5.74) is 1.93. The minimum absolute atomic E-state index is 0.0121. The fraction of sp³-hybridized carbons (Fsp3) is 0.350. The number of benzene rings is 1. The van der Waals surface area contributed by atoms with Gasteiger partial charge in [0, 0.05) is 42.3 Å². The quantitative estimate of drug-likeness (QED) is 0.788. The van der Waals surface area contributed by atoms with E-state index in [2.05, 4.69) is 0 Å². The largest absolute Gasteiger partial charge is 0.311 e. The number of nitrogens with zero attached hydrogens (tertiary/aromatic N) is 2. The second-order valence-corrected chi connectivity index (χ2v) is 9.57. The van der Waals surface area contributed by atoms with E-state index in [1.54, 1.807) is 34.6 Å². The number of fused-ring (bicyclic) bond motifs is 4. The Bertz CT molecular complexity index is 1060. The lowest BCUT2D eigenvalue weighted by atomic mass is 9.82. The highest BCUT2D eigenvalue weighted by Crippen LogP contribution is 2.39. The van der Waals surface area contributed by atoms with Crippen molar-refractivity contribution in [2.45, 2.75) is 30.7 Å². The molecule has 2 aromatic rings. The number of aromatic nitrogens is 1. The van der Waals surface area contributed by atoms with Crippen LogP contribution in [-0.2, 0) is 16.6 Å². The summed E-state index contributed by atoms with van der Waals surface area (Å²) < 4.78 is 29.6. The van der Waals surface area contributed by atoms with Gasteiger partial charge in [0.25, 0.3) is 5.56 Å². The van der Waals surface area contributed by atoms with E-state index in [1.165, 1.54) is 0 Å². The topological polar surface area (TPSA) is 59.4 Å². The van der Waals surface area contributed by atoms with Gasteiger partial charge in [0.1, 0.15) is 0 Å². The molecule has 0 amide bonds. The van der Waals surface area contributed by atoms with Crippen LogP contribution in [0.4, 0.5) is 0 Å². The molecule has 0 radical (unpaired) electrons. The molecule has 1 saturated heterocycles. The van der Waals surface area contributed by atoms with Gasteiger partial charge in [-0.1, -0.05) is 23.8 Å². The minimum Gasteiger partial charge on any atom is -0.311 e. The first kappa shape index (κ1) is 18.5. The molecule has 4 rings (SSSR count). The molecule has 2 aliphatic rings. The molecule has 7 heteroatoms. The first-order chi connectivity index (χ1) is 12.9. The fourth-order valence-corrected chi connectivity index (χ4v) is 5.96. The number of hydrogen-bond donors (Lipinski definition) is 0.